The van der Waals surface area contributed by atoms with E-state index in [2.05, 4.69) is 286 Å². The van der Waals surface area contributed by atoms with Gasteiger partial charge in [0.15, 0.2) is 0 Å². The number of nitrogens with one attached hydrogen (secondary N) is 7. The Morgan fingerprint density at radius 2 is 0.520 bits per heavy atom. The molecule has 13 nitrogen and oxygen atoms in total. The number of anilines is 6. The Kier molecular flexibility index (Phi) is 17.3. The van der Waals surface area contributed by atoms with Gasteiger partial charge >= 0.3 is 0 Å². The summed E-state index contributed by atoms with van der Waals surface area (Å²) in [5, 5.41) is 23.9. The molecule has 0 saturated heterocycles. The van der Waals surface area contributed by atoms with Gasteiger partial charge in [-0.3, -0.25) is 29.9 Å². The van der Waals surface area contributed by atoms with Crippen molar-refractivity contribution in [3.05, 3.63) is 321 Å². The highest BCUT2D eigenvalue weighted by Gasteiger charge is 2.21. The van der Waals surface area contributed by atoms with Crippen molar-refractivity contribution >= 4 is 92.4 Å². The van der Waals surface area contributed by atoms with Gasteiger partial charge in [-0.05, 0) is 213 Å². The molecule has 98 heavy (non-hydrogen) atoms. The summed E-state index contributed by atoms with van der Waals surface area (Å²) in [6.45, 7) is 7.19. The number of amidine groups is 4. The number of allylic oxidation sites excluding steroid dienone is 3. The summed E-state index contributed by atoms with van der Waals surface area (Å²) in [6.07, 6.45) is 13.4. The average molecular weight is 1280 g/mol. The predicted molar refractivity (Wildman–Crippen MR) is 407 cm³/mol. The summed E-state index contributed by atoms with van der Waals surface area (Å²) >= 11 is 0. The normalized spacial score (nSPS) is 15.0. The Balaban J connectivity index is 0.000000115. The van der Waals surface area contributed by atoms with Crippen molar-refractivity contribution in [2.45, 2.75) is 19.3 Å². The Labute approximate surface area is 571 Å². The maximum absolute atomic E-state index is 4.55. The van der Waals surface area contributed by atoms with E-state index in [1.165, 1.54) is 83.5 Å². The van der Waals surface area contributed by atoms with Crippen LogP contribution < -0.4 is 37.2 Å². The second-order valence-corrected chi connectivity index (χ2v) is 25.2. The number of benzene rings is 9. The molecular formula is C85H73N13. The van der Waals surface area contributed by atoms with Crippen LogP contribution in [0, 0.1) is 0 Å². The van der Waals surface area contributed by atoms with Crippen molar-refractivity contribution in [2.24, 2.45) is 20.0 Å². The van der Waals surface area contributed by atoms with E-state index >= 15 is 0 Å². The second kappa shape index (κ2) is 28.0. The molecule has 2 aromatic heterocycles. The smallest absolute Gasteiger partial charge is 0.128 e. The van der Waals surface area contributed by atoms with E-state index in [4.69, 9.17) is 0 Å². The number of fused-ring (bicyclic) bond motifs is 3. The molecule has 0 saturated carbocycles. The second-order valence-electron chi connectivity index (χ2n) is 25.2. The van der Waals surface area contributed by atoms with Crippen LogP contribution in [0.5, 0.6) is 0 Å². The summed E-state index contributed by atoms with van der Waals surface area (Å²) in [6, 6.07) is 83.2. The average Bonchev–Trinajstić information content (AvgIpc) is 1.67. The molecule has 4 aliphatic heterocycles. The van der Waals surface area contributed by atoms with E-state index in [1.54, 1.807) is 0 Å². The molecule has 0 amide bonds. The quantitative estimate of drug-likeness (QED) is 0.0530. The highest BCUT2D eigenvalue weighted by Crippen LogP contribution is 2.37. The van der Waals surface area contributed by atoms with Gasteiger partial charge in [-0.1, -0.05) is 127 Å². The largest absolute Gasteiger partial charge is 0.368 e. The van der Waals surface area contributed by atoms with Gasteiger partial charge in [0, 0.05) is 106 Å². The fourth-order valence-electron chi connectivity index (χ4n) is 13.4. The van der Waals surface area contributed by atoms with Crippen molar-refractivity contribution in [1.29, 1.82) is 0 Å². The number of nitrogens with zero attached hydrogens (tertiary/aromatic N) is 6. The van der Waals surface area contributed by atoms with Crippen molar-refractivity contribution < 1.29 is 0 Å². The first-order valence-electron chi connectivity index (χ1n) is 33.9. The summed E-state index contributed by atoms with van der Waals surface area (Å²) < 4.78 is 0. The van der Waals surface area contributed by atoms with Gasteiger partial charge in [0.25, 0.3) is 0 Å². The maximum atomic E-state index is 4.55. The fourth-order valence-corrected chi connectivity index (χ4v) is 13.4. The minimum absolute atomic E-state index is 0.858. The van der Waals surface area contributed by atoms with Crippen LogP contribution in [0.25, 0.3) is 57.5 Å². The van der Waals surface area contributed by atoms with Gasteiger partial charge in [0.2, 0.25) is 0 Å². The molecule has 6 heterocycles. The number of hydrogen-bond donors (Lipinski definition) is 7. The fraction of sp³-hybridized carbons (Fsp3) is 0.129. The molecule has 9 aromatic carbocycles. The van der Waals surface area contributed by atoms with Crippen molar-refractivity contribution in [3.8, 4) is 22.5 Å². The molecule has 0 radical (unpaired) electrons. The molecule has 0 bridgehead atoms. The minimum Gasteiger partial charge on any atom is -0.368 e. The third-order valence-corrected chi connectivity index (χ3v) is 18.6. The molecule has 0 spiro atoms. The third-order valence-electron chi connectivity index (χ3n) is 18.6. The van der Waals surface area contributed by atoms with Gasteiger partial charge in [-0.15, -0.1) is 0 Å². The molecular weight excluding hydrogens is 1200 g/mol. The Morgan fingerprint density at radius 1 is 0.255 bits per heavy atom. The summed E-state index contributed by atoms with van der Waals surface area (Å²) in [5.74, 6) is 4.06. The highest BCUT2D eigenvalue weighted by atomic mass is 15.1. The first-order valence-corrected chi connectivity index (χ1v) is 33.9. The van der Waals surface area contributed by atoms with Crippen LogP contribution in [0.1, 0.15) is 72.3 Å². The third kappa shape index (κ3) is 14.0. The van der Waals surface area contributed by atoms with Crippen molar-refractivity contribution in [3.63, 3.8) is 0 Å². The van der Waals surface area contributed by atoms with Gasteiger partial charge in [0.05, 0.1) is 37.6 Å². The first kappa shape index (κ1) is 60.7. The van der Waals surface area contributed by atoms with E-state index in [0.717, 1.165) is 157 Å². The lowest BCUT2D eigenvalue weighted by molar-refractivity contribution is 0.960. The lowest BCUT2D eigenvalue weighted by Gasteiger charge is -2.10. The van der Waals surface area contributed by atoms with Crippen LogP contribution in [0.3, 0.4) is 0 Å². The van der Waals surface area contributed by atoms with Gasteiger partial charge in [-0.25, -0.2) is 0 Å². The van der Waals surface area contributed by atoms with Crippen LogP contribution >= 0.6 is 0 Å². The van der Waals surface area contributed by atoms with Gasteiger partial charge < -0.3 is 37.2 Å². The van der Waals surface area contributed by atoms with Crippen molar-refractivity contribution in [1.82, 2.24) is 31.2 Å². The zero-order valence-corrected chi connectivity index (χ0v) is 54.4. The van der Waals surface area contributed by atoms with Crippen LogP contribution in [0.4, 0.5) is 34.1 Å². The molecule has 3 aliphatic carbocycles. The summed E-state index contributed by atoms with van der Waals surface area (Å²) in [5.41, 5.74) is 31.2. The zero-order chi connectivity index (χ0) is 65.4. The van der Waals surface area contributed by atoms with Crippen molar-refractivity contribution in [2.75, 3.05) is 68.3 Å². The number of hydrogen-bond acceptors (Lipinski definition) is 13. The Bertz CT molecular complexity index is 4740. The van der Waals surface area contributed by atoms with Gasteiger partial charge in [-0.2, -0.15) is 0 Å². The minimum atomic E-state index is 0.858. The maximum Gasteiger partial charge on any atom is 0.128 e. The van der Waals surface area contributed by atoms with Crippen LogP contribution in [-0.4, -0.2) is 85.7 Å². The van der Waals surface area contributed by atoms with E-state index in [-0.39, 0.29) is 0 Å². The monoisotopic (exact) mass is 1280 g/mol. The molecule has 0 fully saturated rings. The standard InChI is InChI=1S/2C29H24N4.C27H25N5/c2*1-2-14-30-28(3-1)21-8-12-27(13-9-21)33-26-10-6-20(7-11-26)24-17-22-4-5-23(18-25(22)19-24)29-31-15-16-32-29;1-2-21(27-30-13-14-31-27)16-23-17-22(15-20(1)23)18-3-7-24(8-4-18)32-25-9-5-19(6-10-25)26-28-11-12-29-26/h2*1-14,17-18,33H,15-16,19H2,(H,31,32);1-10,15-16,32H,11-14,17H2,(H,28,29)(H,30,31). The van der Waals surface area contributed by atoms with Crippen LogP contribution in [0.15, 0.2) is 269 Å². The number of aliphatic imine (C=N–C) groups is 4. The summed E-state index contributed by atoms with van der Waals surface area (Å²) in [7, 11) is 0. The highest BCUT2D eigenvalue weighted by molar-refractivity contribution is 6.03. The van der Waals surface area contributed by atoms with E-state index in [9.17, 15) is 0 Å². The van der Waals surface area contributed by atoms with E-state index < -0.39 is 0 Å². The zero-order valence-electron chi connectivity index (χ0n) is 54.4. The molecule has 13 heteroatoms. The summed E-state index contributed by atoms with van der Waals surface area (Å²) in [4.78, 5) is 27.0. The van der Waals surface area contributed by atoms with Gasteiger partial charge in [0.1, 0.15) is 23.3 Å². The molecule has 18 rings (SSSR count). The molecule has 7 N–H and O–H groups in total. The molecule has 0 atom stereocenters. The first-order chi connectivity index (χ1) is 48.4. The van der Waals surface area contributed by atoms with E-state index in [0.29, 0.717) is 0 Å². The van der Waals surface area contributed by atoms with Crippen LogP contribution in [-0.2, 0) is 19.3 Å². The molecule has 11 aromatic rings. The van der Waals surface area contributed by atoms with Crippen LogP contribution in [0.2, 0.25) is 0 Å². The number of aromatic nitrogens is 2. The molecule has 478 valence electrons. The predicted octanol–water partition coefficient (Wildman–Crippen LogP) is 16.1. The SMILES string of the molecule is C1=C(c2ccc(Nc3ccc(-c4ccccn4)cc3)cc2)Cc2cc(C3=NCCN3)ccc21.C1=C(c2ccc(Nc3ccc(-c4ccccn4)cc3)cc2)Cc2cc(C3=NCCN3)ccc21.C1=C(c2ccc(Nc3ccc(C4=NCCN4)cc3)cc2)Cc2cc(C3=NCCN3)ccc21. The number of rotatable bonds is 15. The molecule has 7 aliphatic rings. The lowest BCUT2D eigenvalue weighted by Crippen LogP contribution is -2.19. The van der Waals surface area contributed by atoms with E-state index in [1.807, 2.05) is 48.8 Å². The lowest BCUT2D eigenvalue weighted by atomic mass is 10.0. The topological polar surface area (TPSA) is 159 Å². The Hall–Kier alpha value is -12.2. The molecule has 0 unspecified atom stereocenters. The number of pyridine rings is 2. The Morgan fingerprint density at radius 3 is 0.786 bits per heavy atom.